The molecule has 1 atom stereocenters. The van der Waals surface area contributed by atoms with Crippen LogP contribution in [0.15, 0.2) is 60.7 Å². The highest BCUT2D eigenvalue weighted by atomic mass is 19.1. The standard InChI is InChI=1S/C28H27FO5/c1-17-13-20(24-15-22(32-2)10-11-25(24)29)9-12-26(17)34-28(31)21-6-4-5-19(14-21)23(18-7-8-18)16-27(30)33-3/h4-6,9-15,18,23H,7-8,16H2,1-3H3/t23-/m0/s1. The zero-order chi connectivity index (χ0) is 24.2. The Morgan fingerprint density at radius 1 is 1.03 bits per heavy atom. The van der Waals surface area contributed by atoms with E-state index in [4.69, 9.17) is 14.2 Å². The number of methoxy groups -OCH3 is 2. The van der Waals surface area contributed by atoms with E-state index < -0.39 is 5.97 Å². The van der Waals surface area contributed by atoms with Crippen LogP contribution in [0.25, 0.3) is 11.1 Å². The summed E-state index contributed by atoms with van der Waals surface area (Å²) in [5, 5.41) is 0. The van der Waals surface area contributed by atoms with Gasteiger partial charge in [0.05, 0.1) is 26.2 Å². The highest BCUT2D eigenvalue weighted by Gasteiger charge is 2.34. The van der Waals surface area contributed by atoms with Crippen molar-refractivity contribution >= 4 is 11.9 Å². The minimum Gasteiger partial charge on any atom is -0.497 e. The van der Waals surface area contributed by atoms with Crippen LogP contribution in [0.5, 0.6) is 11.5 Å². The lowest BCUT2D eigenvalue weighted by atomic mass is 9.90. The van der Waals surface area contributed by atoms with Crippen molar-refractivity contribution in [2.24, 2.45) is 5.92 Å². The maximum atomic E-state index is 14.4. The molecule has 0 unspecified atom stereocenters. The molecule has 1 saturated carbocycles. The van der Waals surface area contributed by atoms with E-state index in [2.05, 4.69) is 0 Å². The molecule has 3 aromatic carbocycles. The molecule has 3 aromatic rings. The number of ether oxygens (including phenoxy) is 3. The van der Waals surface area contributed by atoms with Gasteiger partial charge < -0.3 is 14.2 Å². The number of carbonyl (C=O) groups excluding carboxylic acids is 2. The maximum absolute atomic E-state index is 14.4. The highest BCUT2D eigenvalue weighted by molar-refractivity contribution is 5.91. The Kier molecular flexibility index (Phi) is 6.96. The summed E-state index contributed by atoms with van der Waals surface area (Å²) < 4.78 is 30.1. The second-order valence-corrected chi connectivity index (χ2v) is 8.57. The maximum Gasteiger partial charge on any atom is 0.343 e. The SMILES string of the molecule is COC(=O)C[C@H](c1cccc(C(=O)Oc2ccc(-c3cc(OC)ccc3F)cc2C)c1)C1CC1. The molecule has 0 aliphatic heterocycles. The third-order valence-corrected chi connectivity index (χ3v) is 6.22. The molecule has 4 rings (SSSR count). The first-order chi connectivity index (χ1) is 16.4. The Hall–Kier alpha value is -3.67. The molecule has 1 aliphatic carbocycles. The summed E-state index contributed by atoms with van der Waals surface area (Å²) in [5.74, 6) is 0.304. The number of esters is 2. The van der Waals surface area contributed by atoms with Crippen LogP contribution in [0.4, 0.5) is 4.39 Å². The van der Waals surface area contributed by atoms with Gasteiger partial charge in [-0.25, -0.2) is 9.18 Å². The van der Waals surface area contributed by atoms with Gasteiger partial charge in [0.25, 0.3) is 0 Å². The summed E-state index contributed by atoms with van der Waals surface area (Å²) in [6, 6.07) is 16.9. The summed E-state index contributed by atoms with van der Waals surface area (Å²) in [5.41, 5.74) is 3.11. The van der Waals surface area contributed by atoms with Gasteiger partial charge in [0.15, 0.2) is 0 Å². The minimum absolute atomic E-state index is 0.0268. The van der Waals surface area contributed by atoms with Gasteiger partial charge in [-0.05, 0) is 90.8 Å². The Labute approximate surface area is 198 Å². The van der Waals surface area contributed by atoms with E-state index in [0.717, 1.165) is 18.4 Å². The molecule has 0 saturated heterocycles. The van der Waals surface area contributed by atoms with Gasteiger partial charge in [-0.2, -0.15) is 0 Å². The summed E-state index contributed by atoms with van der Waals surface area (Å²) in [6.45, 7) is 1.81. The van der Waals surface area contributed by atoms with Crippen LogP contribution in [-0.4, -0.2) is 26.2 Å². The third-order valence-electron chi connectivity index (χ3n) is 6.22. The van der Waals surface area contributed by atoms with E-state index in [-0.39, 0.29) is 17.7 Å². The molecule has 0 spiro atoms. The predicted octanol–water partition coefficient (Wildman–Crippen LogP) is 6.09. The number of carbonyl (C=O) groups is 2. The fourth-order valence-electron chi connectivity index (χ4n) is 4.16. The van der Waals surface area contributed by atoms with E-state index >= 15 is 0 Å². The summed E-state index contributed by atoms with van der Waals surface area (Å²) in [7, 11) is 2.92. The number of hydrogen-bond donors (Lipinski definition) is 0. The molecule has 1 aliphatic rings. The van der Waals surface area contributed by atoms with Crippen LogP contribution in [-0.2, 0) is 9.53 Å². The van der Waals surface area contributed by atoms with Gasteiger partial charge in [-0.1, -0.05) is 18.2 Å². The highest BCUT2D eigenvalue weighted by Crippen LogP contribution is 2.44. The lowest BCUT2D eigenvalue weighted by Crippen LogP contribution is -2.13. The number of rotatable bonds is 8. The van der Waals surface area contributed by atoms with Crippen molar-refractivity contribution in [1.82, 2.24) is 0 Å². The van der Waals surface area contributed by atoms with Crippen LogP contribution in [0.3, 0.4) is 0 Å². The van der Waals surface area contributed by atoms with Crippen molar-refractivity contribution in [2.45, 2.75) is 32.1 Å². The largest absolute Gasteiger partial charge is 0.497 e. The van der Waals surface area contributed by atoms with Crippen LogP contribution < -0.4 is 9.47 Å². The van der Waals surface area contributed by atoms with E-state index in [9.17, 15) is 14.0 Å². The van der Waals surface area contributed by atoms with E-state index in [1.807, 2.05) is 6.07 Å². The van der Waals surface area contributed by atoms with Gasteiger partial charge in [0.2, 0.25) is 0 Å². The molecule has 176 valence electrons. The molecule has 1 fully saturated rings. The second-order valence-electron chi connectivity index (χ2n) is 8.57. The Morgan fingerprint density at radius 2 is 1.82 bits per heavy atom. The molecular weight excluding hydrogens is 435 g/mol. The molecular formula is C28H27FO5. The molecule has 5 nitrogen and oxygen atoms in total. The number of hydrogen-bond acceptors (Lipinski definition) is 5. The monoisotopic (exact) mass is 462 g/mol. The fraction of sp³-hybridized carbons (Fsp3) is 0.286. The smallest absolute Gasteiger partial charge is 0.343 e. The van der Waals surface area contributed by atoms with E-state index in [1.165, 1.54) is 20.3 Å². The van der Waals surface area contributed by atoms with Gasteiger partial charge in [0, 0.05) is 5.56 Å². The van der Waals surface area contributed by atoms with Gasteiger partial charge in [-0.15, -0.1) is 0 Å². The van der Waals surface area contributed by atoms with Crippen LogP contribution in [0, 0.1) is 18.7 Å². The van der Waals surface area contributed by atoms with Gasteiger partial charge in [-0.3, -0.25) is 4.79 Å². The summed E-state index contributed by atoms with van der Waals surface area (Å²) >= 11 is 0. The average Bonchev–Trinajstić information content (AvgIpc) is 3.69. The van der Waals surface area contributed by atoms with E-state index in [1.54, 1.807) is 55.5 Å². The molecule has 0 N–H and O–H groups in total. The van der Waals surface area contributed by atoms with Crippen molar-refractivity contribution in [3.05, 3.63) is 83.2 Å². The Morgan fingerprint density at radius 3 is 2.50 bits per heavy atom. The van der Waals surface area contributed by atoms with Crippen molar-refractivity contribution in [3.63, 3.8) is 0 Å². The minimum atomic E-state index is -0.488. The molecule has 0 bridgehead atoms. The van der Waals surface area contributed by atoms with Crippen molar-refractivity contribution in [1.29, 1.82) is 0 Å². The van der Waals surface area contributed by atoms with E-state index in [0.29, 0.717) is 46.1 Å². The lowest BCUT2D eigenvalue weighted by molar-refractivity contribution is -0.141. The average molecular weight is 463 g/mol. The normalized spacial score (nSPS) is 13.8. The number of aryl methyl sites for hydroxylation is 1. The summed E-state index contributed by atoms with van der Waals surface area (Å²) in [6.07, 6.45) is 2.42. The van der Waals surface area contributed by atoms with Crippen molar-refractivity contribution < 1.29 is 28.2 Å². The Bertz CT molecular complexity index is 1220. The first-order valence-electron chi connectivity index (χ1n) is 11.2. The molecule has 6 heteroatoms. The quantitative estimate of drug-likeness (QED) is 0.300. The Balaban J connectivity index is 1.53. The molecule has 34 heavy (non-hydrogen) atoms. The second kappa shape index (κ2) is 10.1. The first-order valence-corrected chi connectivity index (χ1v) is 11.2. The molecule has 0 radical (unpaired) electrons. The topological polar surface area (TPSA) is 61.8 Å². The molecule has 0 aromatic heterocycles. The van der Waals surface area contributed by atoms with Crippen molar-refractivity contribution in [3.8, 4) is 22.6 Å². The van der Waals surface area contributed by atoms with Crippen LogP contribution >= 0.6 is 0 Å². The van der Waals surface area contributed by atoms with Gasteiger partial charge >= 0.3 is 11.9 Å². The van der Waals surface area contributed by atoms with Crippen LogP contribution in [0.1, 0.15) is 46.7 Å². The van der Waals surface area contributed by atoms with Crippen molar-refractivity contribution in [2.75, 3.05) is 14.2 Å². The van der Waals surface area contributed by atoms with Gasteiger partial charge in [0.1, 0.15) is 17.3 Å². The number of benzene rings is 3. The molecule has 0 amide bonds. The first kappa shape index (κ1) is 23.5. The number of halogens is 1. The molecule has 0 heterocycles. The third kappa shape index (κ3) is 5.28. The zero-order valence-electron chi connectivity index (χ0n) is 19.5. The lowest BCUT2D eigenvalue weighted by Gasteiger charge is -2.16. The predicted molar refractivity (Wildman–Crippen MR) is 127 cm³/mol. The fourth-order valence-corrected chi connectivity index (χ4v) is 4.16. The summed E-state index contributed by atoms with van der Waals surface area (Å²) in [4.78, 5) is 24.8. The zero-order valence-corrected chi connectivity index (χ0v) is 19.5. The van der Waals surface area contributed by atoms with Crippen LogP contribution in [0.2, 0.25) is 0 Å².